The van der Waals surface area contributed by atoms with Crippen LogP contribution in [0, 0.1) is 35.3 Å². The molecule has 1 saturated carbocycles. The number of ether oxygens (including phenoxy) is 1. The highest BCUT2D eigenvalue weighted by atomic mass is 19.4. The third-order valence-electron chi connectivity index (χ3n) is 8.04. The van der Waals surface area contributed by atoms with Gasteiger partial charge >= 0.3 is 6.36 Å². The van der Waals surface area contributed by atoms with E-state index in [1.54, 1.807) is 12.1 Å². The van der Waals surface area contributed by atoms with Crippen molar-refractivity contribution in [2.75, 3.05) is 0 Å². The average molecular weight is 557 g/mol. The van der Waals surface area contributed by atoms with Gasteiger partial charge in [-0.1, -0.05) is 107 Å². The van der Waals surface area contributed by atoms with E-state index in [1.165, 1.54) is 75.8 Å². The molecule has 1 aliphatic carbocycles. The van der Waals surface area contributed by atoms with Gasteiger partial charge in [-0.25, -0.2) is 8.78 Å². The van der Waals surface area contributed by atoms with Crippen LogP contribution in [0.25, 0.3) is 10.8 Å². The van der Waals surface area contributed by atoms with Crippen LogP contribution in [0.5, 0.6) is 5.75 Å². The van der Waals surface area contributed by atoms with Crippen LogP contribution in [-0.2, 0) is 6.42 Å². The molecule has 0 bridgehead atoms. The minimum Gasteiger partial charge on any atom is -0.403 e. The SMILES string of the molecule is CCCCCCCC1CCC(CCc2ccc3c(F)c(C#Cc4ccc(OC(F)(F)F)c(F)c4)ccc3c2)CC1. The van der Waals surface area contributed by atoms with E-state index >= 15 is 4.39 Å². The molecule has 0 spiro atoms. The van der Waals surface area contributed by atoms with Crippen molar-refractivity contribution in [3.05, 3.63) is 76.9 Å². The van der Waals surface area contributed by atoms with E-state index in [0.717, 1.165) is 42.2 Å². The summed E-state index contributed by atoms with van der Waals surface area (Å²) in [4.78, 5) is 0. The summed E-state index contributed by atoms with van der Waals surface area (Å²) in [6.07, 6.45) is 10.6. The maximum atomic E-state index is 15.2. The first kappa shape index (κ1) is 29.9. The largest absolute Gasteiger partial charge is 0.573 e. The van der Waals surface area contributed by atoms with Gasteiger partial charge in [0.25, 0.3) is 0 Å². The molecule has 0 heterocycles. The van der Waals surface area contributed by atoms with Crippen LogP contribution in [0.3, 0.4) is 0 Å². The second-order valence-corrected chi connectivity index (χ2v) is 11.1. The normalized spacial score (nSPS) is 17.4. The summed E-state index contributed by atoms with van der Waals surface area (Å²) in [6, 6.07) is 12.1. The lowest BCUT2D eigenvalue weighted by molar-refractivity contribution is -0.275. The molecule has 1 fully saturated rings. The molecule has 0 N–H and O–H groups in total. The van der Waals surface area contributed by atoms with E-state index in [2.05, 4.69) is 23.5 Å². The Balaban J connectivity index is 1.31. The van der Waals surface area contributed by atoms with E-state index in [0.29, 0.717) is 5.39 Å². The molecule has 0 unspecified atom stereocenters. The molecule has 0 aliphatic heterocycles. The number of hydrogen-bond donors (Lipinski definition) is 0. The summed E-state index contributed by atoms with van der Waals surface area (Å²) in [7, 11) is 0. The topological polar surface area (TPSA) is 9.23 Å². The third-order valence-corrected chi connectivity index (χ3v) is 8.04. The lowest BCUT2D eigenvalue weighted by atomic mass is 9.77. The second kappa shape index (κ2) is 14.0. The van der Waals surface area contributed by atoms with E-state index in [-0.39, 0.29) is 11.1 Å². The Morgan fingerprint density at radius 1 is 0.800 bits per heavy atom. The summed E-state index contributed by atoms with van der Waals surface area (Å²) in [5.41, 5.74) is 1.45. The number of rotatable bonds is 10. The van der Waals surface area contributed by atoms with E-state index in [1.807, 2.05) is 18.2 Å². The predicted octanol–water partition coefficient (Wildman–Crippen LogP) is 10.5. The zero-order valence-electron chi connectivity index (χ0n) is 23.1. The average Bonchev–Trinajstić information content (AvgIpc) is 2.93. The van der Waals surface area contributed by atoms with E-state index < -0.39 is 23.7 Å². The second-order valence-electron chi connectivity index (χ2n) is 11.1. The molecule has 0 aromatic heterocycles. The van der Waals surface area contributed by atoms with Crippen LogP contribution in [0.2, 0.25) is 0 Å². The van der Waals surface area contributed by atoms with Crippen LogP contribution in [-0.4, -0.2) is 6.36 Å². The molecule has 214 valence electrons. The van der Waals surface area contributed by atoms with Gasteiger partial charge in [-0.3, -0.25) is 0 Å². The Kier molecular flexibility index (Phi) is 10.5. The van der Waals surface area contributed by atoms with Crippen molar-refractivity contribution in [2.24, 2.45) is 11.8 Å². The van der Waals surface area contributed by atoms with Crippen molar-refractivity contribution < 1.29 is 26.7 Å². The number of hydrogen-bond acceptors (Lipinski definition) is 1. The molecular formula is C34H37F5O. The van der Waals surface area contributed by atoms with Crippen LogP contribution >= 0.6 is 0 Å². The van der Waals surface area contributed by atoms with E-state index in [4.69, 9.17) is 0 Å². The van der Waals surface area contributed by atoms with Crippen molar-refractivity contribution in [1.29, 1.82) is 0 Å². The highest BCUT2D eigenvalue weighted by molar-refractivity contribution is 5.85. The van der Waals surface area contributed by atoms with Crippen molar-refractivity contribution in [2.45, 2.75) is 90.3 Å². The number of aryl methyl sites for hydroxylation is 1. The lowest BCUT2D eigenvalue weighted by Gasteiger charge is -2.28. The Hall–Kier alpha value is -3.07. The molecule has 3 aromatic rings. The molecule has 1 nitrogen and oxygen atoms in total. The quantitative estimate of drug-likeness (QED) is 0.137. The van der Waals surface area contributed by atoms with Gasteiger partial charge in [-0.2, -0.15) is 0 Å². The van der Waals surface area contributed by atoms with Crippen molar-refractivity contribution in [1.82, 2.24) is 0 Å². The molecule has 4 rings (SSSR count). The van der Waals surface area contributed by atoms with E-state index in [9.17, 15) is 17.6 Å². The molecule has 6 heteroatoms. The monoisotopic (exact) mass is 556 g/mol. The van der Waals surface area contributed by atoms with Gasteiger partial charge in [0.2, 0.25) is 0 Å². The highest BCUT2D eigenvalue weighted by Crippen LogP contribution is 2.35. The number of benzene rings is 3. The third kappa shape index (κ3) is 8.71. The summed E-state index contributed by atoms with van der Waals surface area (Å²) in [5.74, 6) is 4.36. The van der Waals surface area contributed by atoms with Gasteiger partial charge in [0.05, 0.1) is 5.56 Å². The molecular weight excluding hydrogens is 519 g/mol. The summed E-state index contributed by atoms with van der Waals surface area (Å²) >= 11 is 0. The minimum absolute atomic E-state index is 0.114. The Bertz CT molecular complexity index is 1330. The zero-order chi connectivity index (χ0) is 28.5. The molecule has 3 aromatic carbocycles. The van der Waals surface area contributed by atoms with Crippen LogP contribution in [0.4, 0.5) is 22.0 Å². The van der Waals surface area contributed by atoms with Crippen molar-refractivity contribution in [3.8, 4) is 17.6 Å². The smallest absolute Gasteiger partial charge is 0.403 e. The summed E-state index contributed by atoms with van der Waals surface area (Å²) < 4.78 is 69.7. The summed E-state index contributed by atoms with van der Waals surface area (Å²) in [5, 5.41) is 1.25. The fourth-order valence-corrected chi connectivity index (χ4v) is 5.74. The van der Waals surface area contributed by atoms with Crippen molar-refractivity contribution in [3.63, 3.8) is 0 Å². The first-order chi connectivity index (χ1) is 19.2. The summed E-state index contributed by atoms with van der Waals surface area (Å²) in [6.45, 7) is 2.26. The fourth-order valence-electron chi connectivity index (χ4n) is 5.74. The maximum absolute atomic E-state index is 15.2. The number of fused-ring (bicyclic) bond motifs is 1. The van der Waals surface area contributed by atoms with Crippen LogP contribution < -0.4 is 4.74 Å². The van der Waals surface area contributed by atoms with Crippen LogP contribution in [0.15, 0.2) is 48.5 Å². The van der Waals surface area contributed by atoms with Gasteiger partial charge in [0, 0.05) is 10.9 Å². The van der Waals surface area contributed by atoms with Gasteiger partial charge in [0.1, 0.15) is 5.82 Å². The molecule has 0 amide bonds. The Morgan fingerprint density at radius 2 is 1.52 bits per heavy atom. The Labute approximate surface area is 234 Å². The molecule has 1 aliphatic rings. The maximum Gasteiger partial charge on any atom is 0.573 e. The molecule has 0 atom stereocenters. The first-order valence-electron chi connectivity index (χ1n) is 14.5. The van der Waals surface area contributed by atoms with Gasteiger partial charge < -0.3 is 4.74 Å². The first-order valence-corrected chi connectivity index (χ1v) is 14.5. The molecule has 0 saturated heterocycles. The van der Waals surface area contributed by atoms with Gasteiger partial charge in [-0.05, 0) is 59.9 Å². The van der Waals surface area contributed by atoms with Gasteiger partial charge in [-0.15, -0.1) is 13.2 Å². The molecule has 0 radical (unpaired) electrons. The molecule has 40 heavy (non-hydrogen) atoms. The fraction of sp³-hybridized carbons (Fsp3) is 0.471. The number of unbranched alkanes of at least 4 members (excludes halogenated alkanes) is 4. The Morgan fingerprint density at radius 3 is 2.23 bits per heavy atom. The standard InChI is InChI=1S/C34H37F5O/c1-2-3-4-5-6-7-24-8-10-25(11-9-24)12-13-26-15-20-30-29(22-26)19-18-28(33(30)36)17-14-27-16-21-32(31(35)23-27)40-34(37,38)39/h15-16,18-25H,2-13H2,1H3. The number of alkyl halides is 3. The predicted molar refractivity (Wildman–Crippen MR) is 150 cm³/mol. The highest BCUT2D eigenvalue weighted by Gasteiger charge is 2.32. The zero-order valence-corrected chi connectivity index (χ0v) is 23.1. The van der Waals surface area contributed by atoms with Gasteiger partial charge in [0.15, 0.2) is 11.6 Å². The lowest BCUT2D eigenvalue weighted by Crippen LogP contribution is -2.17. The van der Waals surface area contributed by atoms with Crippen LogP contribution in [0.1, 0.15) is 94.2 Å². The minimum atomic E-state index is -4.99. The number of halogens is 5. The van der Waals surface area contributed by atoms with Crippen molar-refractivity contribution >= 4 is 10.8 Å².